The van der Waals surface area contributed by atoms with E-state index in [1.807, 2.05) is 35.2 Å². The van der Waals surface area contributed by atoms with Crippen LogP contribution in [-0.2, 0) is 6.54 Å². The maximum Gasteiger partial charge on any atom is 0.323 e. The van der Waals surface area contributed by atoms with Crippen molar-refractivity contribution in [1.29, 1.82) is 0 Å². The Labute approximate surface area is 147 Å². The van der Waals surface area contributed by atoms with Crippen molar-refractivity contribution in [1.82, 2.24) is 24.8 Å². The normalized spacial score (nSPS) is 23.5. The third kappa shape index (κ3) is 3.51. The van der Waals surface area contributed by atoms with Gasteiger partial charge in [-0.05, 0) is 31.9 Å². The Morgan fingerprint density at radius 2 is 2.12 bits per heavy atom. The molecule has 2 aromatic rings. The molecule has 0 aliphatic carbocycles. The molecule has 0 radical (unpaired) electrons. The van der Waals surface area contributed by atoms with Gasteiger partial charge in [0.15, 0.2) is 5.82 Å². The Kier molecular flexibility index (Phi) is 4.40. The highest BCUT2D eigenvalue weighted by atomic mass is 16.2. The molecule has 25 heavy (non-hydrogen) atoms. The van der Waals surface area contributed by atoms with Crippen LogP contribution in [-0.4, -0.2) is 62.5 Å². The van der Waals surface area contributed by atoms with Crippen molar-refractivity contribution in [2.45, 2.75) is 38.4 Å². The van der Waals surface area contributed by atoms with Crippen LogP contribution in [0.5, 0.6) is 0 Å². The second-order valence-corrected chi connectivity index (χ2v) is 7.01. The van der Waals surface area contributed by atoms with E-state index in [2.05, 4.69) is 27.5 Å². The van der Waals surface area contributed by atoms with Gasteiger partial charge in [-0.3, -0.25) is 10.2 Å². The Morgan fingerprint density at radius 1 is 1.28 bits per heavy atom. The van der Waals surface area contributed by atoms with E-state index in [1.54, 1.807) is 10.9 Å². The lowest BCUT2D eigenvalue weighted by Crippen LogP contribution is -2.57. The van der Waals surface area contributed by atoms with E-state index < -0.39 is 0 Å². The molecular formula is C18H24N6O. The lowest BCUT2D eigenvalue weighted by atomic mass is 10.1. The molecule has 7 heteroatoms. The van der Waals surface area contributed by atoms with Gasteiger partial charge in [-0.15, -0.1) is 5.10 Å². The molecule has 132 valence electrons. The molecule has 2 unspecified atom stereocenters. The van der Waals surface area contributed by atoms with E-state index in [0.29, 0.717) is 18.4 Å². The van der Waals surface area contributed by atoms with Crippen molar-refractivity contribution in [3.63, 3.8) is 0 Å². The number of hydrogen-bond donors (Lipinski definition) is 1. The van der Waals surface area contributed by atoms with E-state index in [4.69, 9.17) is 0 Å². The highest BCUT2D eigenvalue weighted by molar-refractivity contribution is 5.88. The summed E-state index contributed by atoms with van der Waals surface area (Å²) in [4.78, 5) is 17.1. The second kappa shape index (κ2) is 6.84. The number of amides is 2. The molecule has 1 aromatic heterocycles. The third-order valence-corrected chi connectivity index (χ3v) is 5.16. The smallest absolute Gasteiger partial charge is 0.319 e. The van der Waals surface area contributed by atoms with Gasteiger partial charge in [-0.25, -0.2) is 9.48 Å². The molecule has 2 aliphatic rings. The zero-order valence-electron chi connectivity index (χ0n) is 14.5. The van der Waals surface area contributed by atoms with Gasteiger partial charge in [-0.2, -0.15) is 0 Å². The van der Waals surface area contributed by atoms with Crippen molar-refractivity contribution in [2.24, 2.45) is 0 Å². The summed E-state index contributed by atoms with van der Waals surface area (Å²) in [5, 5.41) is 11.1. The third-order valence-electron chi connectivity index (χ3n) is 5.16. The Hall–Kier alpha value is -2.41. The first-order chi connectivity index (χ1) is 12.2. The zero-order chi connectivity index (χ0) is 17.2. The number of nitrogens with zero attached hydrogens (tertiary/aromatic N) is 5. The van der Waals surface area contributed by atoms with Crippen LogP contribution >= 0.6 is 0 Å². The van der Waals surface area contributed by atoms with Gasteiger partial charge < -0.3 is 4.90 Å². The molecule has 1 N–H and O–H groups in total. The number of carbonyl (C=O) groups is 1. The number of urea groups is 1. The predicted molar refractivity (Wildman–Crippen MR) is 95.3 cm³/mol. The van der Waals surface area contributed by atoms with Crippen LogP contribution in [0.25, 0.3) is 0 Å². The van der Waals surface area contributed by atoms with Crippen LogP contribution in [0.1, 0.15) is 25.3 Å². The highest BCUT2D eigenvalue weighted by Crippen LogP contribution is 2.24. The maximum atomic E-state index is 12.7. The van der Waals surface area contributed by atoms with Crippen LogP contribution in [0.4, 0.5) is 10.6 Å². The van der Waals surface area contributed by atoms with E-state index in [0.717, 1.165) is 25.2 Å². The standard InChI is InChI=1S/C18H24N6O/c1-14-10-22-9-5-8-16(22)12-24(14)18(25)19-17-13-23(21-20-17)11-15-6-3-2-4-7-15/h2-4,6-7,13-14,16H,5,8-12H2,1H3,(H,19,25). The van der Waals surface area contributed by atoms with Gasteiger partial charge in [0, 0.05) is 25.2 Å². The number of nitrogens with one attached hydrogen (secondary N) is 1. The summed E-state index contributed by atoms with van der Waals surface area (Å²) in [7, 11) is 0. The van der Waals surface area contributed by atoms with Crippen molar-refractivity contribution in [3.8, 4) is 0 Å². The molecule has 1 aromatic carbocycles. The van der Waals surface area contributed by atoms with Gasteiger partial charge in [0.05, 0.1) is 12.7 Å². The van der Waals surface area contributed by atoms with Crippen molar-refractivity contribution >= 4 is 11.8 Å². The van der Waals surface area contributed by atoms with Gasteiger partial charge in [0.2, 0.25) is 0 Å². The maximum absolute atomic E-state index is 12.7. The molecule has 2 saturated heterocycles. The largest absolute Gasteiger partial charge is 0.323 e. The summed E-state index contributed by atoms with van der Waals surface area (Å²) in [5.41, 5.74) is 1.15. The van der Waals surface area contributed by atoms with E-state index in [1.165, 1.54) is 12.8 Å². The van der Waals surface area contributed by atoms with Crippen LogP contribution in [0, 0.1) is 0 Å². The topological polar surface area (TPSA) is 66.3 Å². The minimum atomic E-state index is -0.0780. The Bertz CT molecular complexity index is 730. The summed E-state index contributed by atoms with van der Waals surface area (Å²) in [6, 6.07) is 10.7. The van der Waals surface area contributed by atoms with Gasteiger partial charge in [0.25, 0.3) is 0 Å². The number of rotatable bonds is 3. The Morgan fingerprint density at radius 3 is 2.96 bits per heavy atom. The molecule has 0 spiro atoms. The van der Waals surface area contributed by atoms with Crippen LogP contribution < -0.4 is 5.32 Å². The molecule has 2 amide bonds. The highest BCUT2D eigenvalue weighted by Gasteiger charge is 2.36. The average Bonchev–Trinajstić information content (AvgIpc) is 3.24. The van der Waals surface area contributed by atoms with Gasteiger partial charge >= 0.3 is 6.03 Å². The van der Waals surface area contributed by atoms with E-state index in [-0.39, 0.29) is 12.1 Å². The second-order valence-electron chi connectivity index (χ2n) is 7.01. The zero-order valence-corrected chi connectivity index (χ0v) is 14.5. The average molecular weight is 340 g/mol. The molecule has 2 fully saturated rings. The fourth-order valence-electron chi connectivity index (χ4n) is 3.86. The fourth-order valence-corrected chi connectivity index (χ4v) is 3.86. The number of aromatic nitrogens is 3. The Balaban J connectivity index is 1.38. The predicted octanol–water partition coefficient (Wildman–Crippen LogP) is 2.03. The first-order valence-corrected chi connectivity index (χ1v) is 8.95. The van der Waals surface area contributed by atoms with Crippen LogP contribution in [0.2, 0.25) is 0 Å². The fraction of sp³-hybridized carbons (Fsp3) is 0.500. The lowest BCUT2D eigenvalue weighted by Gasteiger charge is -2.42. The summed E-state index contributed by atoms with van der Waals surface area (Å²) < 4.78 is 1.74. The first-order valence-electron chi connectivity index (χ1n) is 8.95. The molecule has 0 bridgehead atoms. The van der Waals surface area contributed by atoms with Crippen molar-refractivity contribution in [2.75, 3.05) is 25.0 Å². The number of benzene rings is 1. The van der Waals surface area contributed by atoms with Crippen molar-refractivity contribution in [3.05, 3.63) is 42.1 Å². The van der Waals surface area contributed by atoms with Crippen LogP contribution in [0.15, 0.2) is 36.5 Å². The number of piperazine rings is 1. The van der Waals surface area contributed by atoms with E-state index >= 15 is 0 Å². The molecule has 3 heterocycles. The summed E-state index contributed by atoms with van der Waals surface area (Å²) in [5.74, 6) is 0.502. The minimum absolute atomic E-state index is 0.0780. The summed E-state index contributed by atoms with van der Waals surface area (Å²) in [6.07, 6.45) is 4.20. The molecule has 4 rings (SSSR count). The molecule has 2 atom stereocenters. The molecule has 0 saturated carbocycles. The number of carbonyl (C=O) groups excluding carboxylic acids is 1. The minimum Gasteiger partial charge on any atom is -0.319 e. The van der Waals surface area contributed by atoms with E-state index in [9.17, 15) is 4.79 Å². The van der Waals surface area contributed by atoms with Gasteiger partial charge in [-0.1, -0.05) is 35.5 Å². The molecule has 2 aliphatic heterocycles. The van der Waals surface area contributed by atoms with Crippen molar-refractivity contribution < 1.29 is 4.79 Å². The van der Waals surface area contributed by atoms with Crippen LogP contribution in [0.3, 0.4) is 0 Å². The lowest BCUT2D eigenvalue weighted by molar-refractivity contribution is 0.0861. The number of anilines is 1. The number of fused-ring (bicyclic) bond motifs is 1. The van der Waals surface area contributed by atoms with Gasteiger partial charge in [0.1, 0.15) is 0 Å². The quantitative estimate of drug-likeness (QED) is 0.928. The monoisotopic (exact) mass is 340 g/mol. The summed E-state index contributed by atoms with van der Waals surface area (Å²) in [6.45, 7) is 5.67. The first kappa shape index (κ1) is 16.1. The molecular weight excluding hydrogens is 316 g/mol. The SMILES string of the molecule is CC1CN2CCCC2CN1C(=O)Nc1cn(Cc2ccccc2)nn1. The summed E-state index contributed by atoms with van der Waals surface area (Å²) >= 11 is 0. The molecule has 7 nitrogen and oxygen atoms in total. The number of hydrogen-bond acceptors (Lipinski definition) is 4.